The van der Waals surface area contributed by atoms with E-state index in [1.165, 1.54) is 0 Å². The number of ether oxygens (including phenoxy) is 3. The number of hydrogen-bond donors (Lipinski definition) is 3. The molecule has 4 atom stereocenters. The van der Waals surface area contributed by atoms with Crippen LogP contribution in [0.5, 0.6) is 0 Å². The van der Waals surface area contributed by atoms with E-state index < -0.39 is 45.2 Å². The molecular formula is C9H20O6. The van der Waals surface area contributed by atoms with Crippen LogP contribution in [-0.4, -0.2) is 74.2 Å². The lowest BCUT2D eigenvalue weighted by Crippen LogP contribution is -2.49. The van der Waals surface area contributed by atoms with Gasteiger partial charge in [-0.25, -0.2) is 0 Å². The minimum absolute atomic E-state index is 0.276. The Labute approximate surface area is 93.6 Å². The van der Waals surface area contributed by atoms with Crippen LogP contribution in [-0.2, 0) is 14.2 Å². The average Bonchev–Trinajstić information content (AvgIpc) is 2.39. The van der Waals surface area contributed by atoms with Crippen molar-refractivity contribution in [1.82, 2.24) is 0 Å². The number of rotatable bonds is 8. The first-order chi connectivity index (χ1) is 8.62. The summed E-state index contributed by atoms with van der Waals surface area (Å²) >= 11 is 0. The van der Waals surface area contributed by atoms with Gasteiger partial charge in [-0.05, 0) is 0 Å². The summed E-state index contributed by atoms with van der Waals surface area (Å²) in [4.78, 5) is 0. The zero-order valence-electron chi connectivity index (χ0n) is 11.4. The van der Waals surface area contributed by atoms with E-state index >= 15 is 0 Å². The van der Waals surface area contributed by atoms with Crippen LogP contribution in [0.1, 0.15) is 4.11 Å². The minimum atomic E-state index is -1.45. The quantitative estimate of drug-likeness (QED) is 0.462. The maximum atomic E-state index is 9.81. The van der Waals surface area contributed by atoms with E-state index in [2.05, 4.69) is 4.74 Å². The third kappa shape index (κ3) is 4.42. The van der Waals surface area contributed by atoms with Crippen LogP contribution in [0, 0.1) is 0 Å². The monoisotopic (exact) mass is 227 g/mol. The van der Waals surface area contributed by atoms with E-state index in [4.69, 9.17) is 18.7 Å². The lowest BCUT2D eigenvalue weighted by Gasteiger charge is -2.30. The normalized spacial score (nSPS) is 22.2. The Balaban J connectivity index is 4.52. The summed E-state index contributed by atoms with van der Waals surface area (Å²) in [5.41, 5.74) is 0. The maximum Gasteiger partial charge on any atom is 0.114 e. The molecule has 0 saturated carbocycles. The Morgan fingerprint density at radius 1 is 1.20 bits per heavy atom. The summed E-state index contributed by atoms with van der Waals surface area (Å²) in [5, 5.41) is 28.4. The molecule has 0 unspecified atom stereocenters. The summed E-state index contributed by atoms with van der Waals surface area (Å²) in [6.45, 7) is -0.797. The first kappa shape index (κ1) is 9.95. The molecule has 0 aliphatic carbocycles. The van der Waals surface area contributed by atoms with Crippen LogP contribution in [0.15, 0.2) is 0 Å². The summed E-state index contributed by atoms with van der Waals surface area (Å²) in [6.07, 6.45) is -4.96. The molecule has 0 bridgehead atoms. The van der Waals surface area contributed by atoms with Crippen molar-refractivity contribution in [3.63, 3.8) is 0 Å². The molecule has 0 aromatic rings. The van der Waals surface area contributed by atoms with Crippen molar-refractivity contribution in [2.75, 3.05) is 34.5 Å². The van der Waals surface area contributed by atoms with E-state index in [0.29, 0.717) is 0 Å². The molecule has 0 aliphatic rings. The Kier molecular flexibility index (Phi) is 5.29. The zero-order chi connectivity index (χ0) is 14.0. The van der Waals surface area contributed by atoms with Crippen molar-refractivity contribution >= 4 is 0 Å². The van der Waals surface area contributed by atoms with Crippen molar-refractivity contribution in [3.8, 4) is 0 Å². The molecule has 0 amide bonds. The van der Waals surface area contributed by atoms with Crippen LogP contribution in [0.4, 0.5) is 0 Å². The smallest absolute Gasteiger partial charge is 0.114 e. The summed E-state index contributed by atoms with van der Waals surface area (Å²) in [6, 6.07) is 0. The topological polar surface area (TPSA) is 88.4 Å². The third-order valence-electron chi connectivity index (χ3n) is 1.97. The van der Waals surface area contributed by atoms with Crippen molar-refractivity contribution in [2.45, 2.75) is 24.4 Å². The van der Waals surface area contributed by atoms with Gasteiger partial charge in [0.25, 0.3) is 0 Å². The molecule has 3 N–H and O–H groups in total. The Morgan fingerprint density at radius 3 is 2.47 bits per heavy atom. The molecule has 0 radical (unpaired) electrons. The van der Waals surface area contributed by atoms with Gasteiger partial charge in [0.05, 0.1) is 17.3 Å². The van der Waals surface area contributed by atoms with Crippen LogP contribution >= 0.6 is 0 Å². The van der Waals surface area contributed by atoms with E-state index in [0.717, 1.165) is 0 Å². The molecule has 0 aromatic carbocycles. The molecular weight excluding hydrogens is 204 g/mol. The highest BCUT2D eigenvalue weighted by atomic mass is 16.5. The van der Waals surface area contributed by atoms with Crippen LogP contribution in [0.2, 0.25) is 0 Å². The number of aliphatic hydroxyl groups excluding tert-OH is 3. The van der Waals surface area contributed by atoms with E-state index in [1.54, 1.807) is 0 Å². The number of aliphatic hydroxyl groups is 3. The molecule has 15 heavy (non-hydrogen) atoms. The highest BCUT2D eigenvalue weighted by Crippen LogP contribution is 2.11. The Morgan fingerprint density at radius 2 is 1.93 bits per heavy atom. The van der Waals surface area contributed by atoms with Crippen molar-refractivity contribution in [2.24, 2.45) is 0 Å². The Hall–Kier alpha value is -0.240. The molecule has 0 aliphatic heterocycles. The molecule has 0 fully saturated rings. The van der Waals surface area contributed by atoms with Crippen LogP contribution < -0.4 is 0 Å². The van der Waals surface area contributed by atoms with Gasteiger partial charge in [0.2, 0.25) is 0 Å². The number of hydrogen-bond acceptors (Lipinski definition) is 6. The predicted molar refractivity (Wildman–Crippen MR) is 52.6 cm³/mol. The molecule has 92 valence electrons. The summed E-state index contributed by atoms with van der Waals surface area (Å²) < 4.78 is 35.0. The van der Waals surface area contributed by atoms with E-state index in [9.17, 15) is 10.2 Å². The van der Waals surface area contributed by atoms with Gasteiger partial charge in [0.1, 0.15) is 24.4 Å². The zero-order valence-corrected chi connectivity index (χ0v) is 8.41. The molecule has 0 heterocycles. The van der Waals surface area contributed by atoms with Crippen LogP contribution in [0.25, 0.3) is 0 Å². The lowest BCUT2D eigenvalue weighted by molar-refractivity contribution is -0.147. The van der Waals surface area contributed by atoms with Gasteiger partial charge in [-0.2, -0.15) is 0 Å². The predicted octanol–water partition coefficient (Wildman–Crippen LogP) is -1.62. The van der Waals surface area contributed by atoms with Gasteiger partial charge in [-0.1, -0.05) is 0 Å². The molecule has 0 spiro atoms. The minimum Gasteiger partial charge on any atom is -0.394 e. The van der Waals surface area contributed by atoms with Gasteiger partial charge in [-0.3, -0.25) is 0 Å². The highest BCUT2D eigenvalue weighted by Gasteiger charge is 2.32. The van der Waals surface area contributed by atoms with Gasteiger partial charge in [0.15, 0.2) is 0 Å². The van der Waals surface area contributed by atoms with E-state index in [-0.39, 0.29) is 13.7 Å². The second-order valence-electron chi connectivity index (χ2n) is 2.95. The molecule has 0 aromatic heterocycles. The number of methoxy groups -OCH3 is 3. The second kappa shape index (κ2) is 7.98. The lowest BCUT2D eigenvalue weighted by atomic mass is 10.0. The SMILES string of the molecule is [2H]COC[C@@H](O)[C@H](O)[C@H](OC[2H])[C@H](CO)OC[2H]. The third-order valence-corrected chi connectivity index (χ3v) is 1.97. The fourth-order valence-electron chi connectivity index (χ4n) is 1.12. The average molecular weight is 227 g/mol. The fourth-order valence-corrected chi connectivity index (χ4v) is 1.12. The highest BCUT2D eigenvalue weighted by molar-refractivity contribution is 4.82. The van der Waals surface area contributed by atoms with Gasteiger partial charge in [0, 0.05) is 21.3 Å². The molecule has 0 rings (SSSR count). The van der Waals surface area contributed by atoms with E-state index in [1.807, 2.05) is 0 Å². The standard InChI is InChI=1S/C9H20O6/c1-13-5-6(11)8(12)9(15-3)7(4-10)14-2/h6-12H,4-5H2,1-3H3/t6-,7+,8+,9-/m1/s1/i1D,2D,3D. The molecule has 0 saturated heterocycles. The van der Waals surface area contributed by atoms with Gasteiger partial charge in [-0.15, -0.1) is 0 Å². The largest absolute Gasteiger partial charge is 0.394 e. The van der Waals surface area contributed by atoms with Gasteiger partial charge >= 0.3 is 0 Å². The first-order valence-electron chi connectivity index (χ1n) is 6.40. The van der Waals surface area contributed by atoms with Crippen molar-refractivity contribution in [1.29, 1.82) is 0 Å². The fraction of sp³-hybridized carbons (Fsp3) is 1.00. The van der Waals surface area contributed by atoms with Crippen LogP contribution in [0.3, 0.4) is 0 Å². The summed E-state index contributed by atoms with van der Waals surface area (Å²) in [7, 11) is -1.30. The van der Waals surface area contributed by atoms with Crippen molar-refractivity contribution < 1.29 is 33.6 Å². The maximum absolute atomic E-state index is 9.81. The molecule has 6 nitrogen and oxygen atoms in total. The van der Waals surface area contributed by atoms with Gasteiger partial charge < -0.3 is 29.5 Å². The summed E-state index contributed by atoms with van der Waals surface area (Å²) in [5.74, 6) is 0. The molecule has 6 heteroatoms. The first-order valence-corrected chi connectivity index (χ1v) is 4.28. The van der Waals surface area contributed by atoms with Crippen molar-refractivity contribution in [3.05, 3.63) is 0 Å². The Bertz CT molecular complexity index is 199. The second-order valence-corrected chi connectivity index (χ2v) is 2.95.